The first kappa shape index (κ1) is 21.6. The minimum absolute atomic E-state index is 0.182. The van der Waals surface area contributed by atoms with Crippen LogP contribution in [0.25, 0.3) is 0 Å². The number of hydrogen-bond donors (Lipinski definition) is 3. The molecule has 0 spiro atoms. The molecule has 11 atom stereocenters. The Hall–Kier alpha value is -0.610. The lowest BCUT2D eigenvalue weighted by Gasteiger charge is -2.62. The Morgan fingerprint density at radius 3 is 2.31 bits per heavy atom. The molecule has 3 N–H and O–H groups in total. The molecule has 4 aliphatic carbocycles. The van der Waals surface area contributed by atoms with Crippen LogP contribution in [0.5, 0.6) is 0 Å². The van der Waals surface area contributed by atoms with Gasteiger partial charge in [-0.2, -0.15) is 0 Å². The van der Waals surface area contributed by atoms with Crippen LogP contribution in [-0.2, 0) is 4.79 Å². The molecular weight excluding hydrogens is 364 g/mol. The number of aliphatic carboxylic acids is 1. The molecule has 0 saturated heterocycles. The van der Waals surface area contributed by atoms with Crippen LogP contribution < -0.4 is 0 Å². The molecule has 4 saturated carbocycles. The maximum absolute atomic E-state index is 11.4. The molecule has 166 valence electrons. The smallest absolute Gasteiger partial charge is 0.306 e. The van der Waals surface area contributed by atoms with Crippen molar-refractivity contribution in [3.05, 3.63) is 0 Å². The molecule has 0 amide bonds. The molecule has 4 aliphatic rings. The molecule has 29 heavy (non-hydrogen) atoms. The summed E-state index contributed by atoms with van der Waals surface area (Å²) in [6.45, 7) is 9.02. The Morgan fingerprint density at radius 1 is 0.966 bits per heavy atom. The lowest BCUT2D eigenvalue weighted by atomic mass is 9.43. The van der Waals surface area contributed by atoms with E-state index in [4.69, 9.17) is 0 Å². The number of carboxylic acid groups (broad SMARTS) is 1. The van der Waals surface area contributed by atoms with E-state index in [9.17, 15) is 20.1 Å². The second-order valence-electron chi connectivity index (χ2n) is 11.9. The number of hydrogen-bond acceptors (Lipinski definition) is 3. The summed E-state index contributed by atoms with van der Waals surface area (Å²) >= 11 is 0. The Bertz CT molecular complexity index is 634. The number of aliphatic hydroxyl groups excluding tert-OH is 2. The molecule has 0 bridgehead atoms. The second kappa shape index (κ2) is 7.51. The summed E-state index contributed by atoms with van der Waals surface area (Å²) in [4.78, 5) is 11.4. The number of carboxylic acids is 1. The van der Waals surface area contributed by atoms with Crippen LogP contribution in [0.2, 0.25) is 0 Å². The van der Waals surface area contributed by atoms with Gasteiger partial charge in [-0.3, -0.25) is 4.79 Å². The van der Waals surface area contributed by atoms with Gasteiger partial charge in [-0.15, -0.1) is 0 Å². The number of rotatable bonds is 4. The molecule has 0 radical (unpaired) electrons. The first-order valence-corrected chi connectivity index (χ1v) is 12.2. The SMILES string of the molecule is C[C@H](C[C@H](C)C(=O)O)[C@H]1CCC2C3C(CC[C@@]21C)[C@@]1(C)CC[C@@H](O)CC1C[C@@H]3O. The Balaban J connectivity index is 1.56. The summed E-state index contributed by atoms with van der Waals surface area (Å²) in [6.07, 6.45) is 8.87. The lowest BCUT2D eigenvalue weighted by molar-refractivity contribution is -0.174. The van der Waals surface area contributed by atoms with Gasteiger partial charge in [0, 0.05) is 0 Å². The summed E-state index contributed by atoms with van der Waals surface area (Å²) in [5.74, 6) is 2.02. The van der Waals surface area contributed by atoms with E-state index >= 15 is 0 Å². The van der Waals surface area contributed by atoms with Crippen LogP contribution in [0.1, 0.15) is 85.5 Å². The van der Waals surface area contributed by atoms with Crippen LogP contribution in [0.4, 0.5) is 0 Å². The fourth-order valence-corrected chi connectivity index (χ4v) is 9.00. The number of carbonyl (C=O) groups is 1. The van der Waals surface area contributed by atoms with Crippen molar-refractivity contribution in [2.75, 3.05) is 0 Å². The zero-order chi connectivity index (χ0) is 21.1. The van der Waals surface area contributed by atoms with E-state index in [0.29, 0.717) is 35.5 Å². The van der Waals surface area contributed by atoms with Crippen molar-refractivity contribution in [2.45, 2.75) is 97.7 Å². The predicted octanol–water partition coefficient (Wildman–Crippen LogP) is 4.72. The standard InChI is InChI=1S/C25H42O4/c1-14(11-15(2)23(28)29)18-5-6-19-22-20(8-10-25(18,19)4)24(3)9-7-17(26)12-16(24)13-21(22)27/h14-22,26-27H,5-13H2,1-4H3,(H,28,29)/t14-,15+,16?,17-,18-,19?,20?,21+,22?,24+,25-/m1/s1. The average molecular weight is 407 g/mol. The van der Waals surface area contributed by atoms with Gasteiger partial charge >= 0.3 is 5.97 Å². The fraction of sp³-hybridized carbons (Fsp3) is 0.960. The van der Waals surface area contributed by atoms with Crippen molar-refractivity contribution in [1.29, 1.82) is 0 Å². The van der Waals surface area contributed by atoms with Gasteiger partial charge in [0.15, 0.2) is 0 Å². The molecule has 0 aliphatic heterocycles. The van der Waals surface area contributed by atoms with Crippen LogP contribution in [0, 0.1) is 52.3 Å². The monoisotopic (exact) mass is 406 g/mol. The molecule has 0 aromatic heterocycles. The summed E-state index contributed by atoms with van der Waals surface area (Å²) in [7, 11) is 0. The Labute approximate surface area is 176 Å². The second-order valence-corrected chi connectivity index (χ2v) is 11.9. The molecular formula is C25H42O4. The molecule has 4 heteroatoms. The summed E-state index contributed by atoms with van der Waals surface area (Å²) in [5, 5.41) is 30.9. The van der Waals surface area contributed by atoms with E-state index < -0.39 is 5.97 Å². The highest BCUT2D eigenvalue weighted by Crippen LogP contribution is 2.68. The maximum atomic E-state index is 11.4. The van der Waals surface area contributed by atoms with Crippen molar-refractivity contribution in [1.82, 2.24) is 0 Å². The van der Waals surface area contributed by atoms with Gasteiger partial charge < -0.3 is 15.3 Å². The number of fused-ring (bicyclic) bond motifs is 5. The van der Waals surface area contributed by atoms with Gasteiger partial charge in [-0.1, -0.05) is 27.7 Å². The topological polar surface area (TPSA) is 77.8 Å². The van der Waals surface area contributed by atoms with E-state index in [0.717, 1.165) is 32.1 Å². The highest BCUT2D eigenvalue weighted by molar-refractivity contribution is 5.69. The van der Waals surface area contributed by atoms with Gasteiger partial charge in [0.2, 0.25) is 0 Å². The van der Waals surface area contributed by atoms with Gasteiger partial charge in [-0.25, -0.2) is 0 Å². The fourth-order valence-electron chi connectivity index (χ4n) is 9.00. The molecule has 0 heterocycles. The van der Waals surface area contributed by atoms with Crippen molar-refractivity contribution < 1.29 is 20.1 Å². The van der Waals surface area contributed by atoms with Crippen molar-refractivity contribution in [3.8, 4) is 0 Å². The van der Waals surface area contributed by atoms with E-state index in [-0.39, 0.29) is 29.0 Å². The minimum Gasteiger partial charge on any atom is -0.481 e. The zero-order valence-corrected chi connectivity index (χ0v) is 18.8. The summed E-state index contributed by atoms with van der Waals surface area (Å²) in [5.41, 5.74) is 0.503. The zero-order valence-electron chi connectivity index (χ0n) is 18.8. The molecule has 4 unspecified atom stereocenters. The molecule has 0 aromatic carbocycles. The molecule has 4 fully saturated rings. The van der Waals surface area contributed by atoms with E-state index in [1.54, 1.807) is 0 Å². The highest BCUT2D eigenvalue weighted by Gasteiger charge is 2.62. The van der Waals surface area contributed by atoms with Crippen LogP contribution in [0.15, 0.2) is 0 Å². The van der Waals surface area contributed by atoms with Crippen LogP contribution in [-0.4, -0.2) is 33.5 Å². The van der Waals surface area contributed by atoms with E-state index in [2.05, 4.69) is 20.8 Å². The van der Waals surface area contributed by atoms with Crippen molar-refractivity contribution >= 4 is 5.97 Å². The Morgan fingerprint density at radius 2 is 1.62 bits per heavy atom. The highest BCUT2D eigenvalue weighted by atomic mass is 16.4. The Kier molecular flexibility index (Phi) is 5.60. The predicted molar refractivity (Wildman–Crippen MR) is 113 cm³/mol. The summed E-state index contributed by atoms with van der Waals surface area (Å²) in [6, 6.07) is 0. The van der Waals surface area contributed by atoms with E-state index in [1.165, 1.54) is 25.7 Å². The van der Waals surface area contributed by atoms with Gasteiger partial charge in [0.05, 0.1) is 18.1 Å². The molecule has 4 nitrogen and oxygen atoms in total. The van der Waals surface area contributed by atoms with Gasteiger partial charge in [0.25, 0.3) is 0 Å². The van der Waals surface area contributed by atoms with Crippen molar-refractivity contribution in [2.24, 2.45) is 52.3 Å². The van der Waals surface area contributed by atoms with Crippen LogP contribution >= 0.6 is 0 Å². The normalized spacial score (nSPS) is 51.4. The third-order valence-corrected chi connectivity index (χ3v) is 10.6. The first-order valence-electron chi connectivity index (χ1n) is 12.2. The maximum Gasteiger partial charge on any atom is 0.306 e. The van der Waals surface area contributed by atoms with Gasteiger partial charge in [0.1, 0.15) is 0 Å². The first-order chi connectivity index (χ1) is 13.6. The molecule has 4 rings (SSSR count). The van der Waals surface area contributed by atoms with Crippen LogP contribution in [0.3, 0.4) is 0 Å². The quantitative estimate of drug-likeness (QED) is 0.631. The minimum atomic E-state index is -0.679. The van der Waals surface area contributed by atoms with Gasteiger partial charge in [-0.05, 0) is 104 Å². The lowest BCUT2D eigenvalue weighted by Crippen LogP contribution is -2.58. The van der Waals surface area contributed by atoms with E-state index in [1.807, 2.05) is 6.92 Å². The summed E-state index contributed by atoms with van der Waals surface area (Å²) < 4.78 is 0. The number of aliphatic hydroxyl groups is 2. The third-order valence-electron chi connectivity index (χ3n) is 10.6. The van der Waals surface area contributed by atoms with Crippen molar-refractivity contribution in [3.63, 3.8) is 0 Å². The third kappa shape index (κ3) is 3.37. The molecule has 0 aromatic rings. The largest absolute Gasteiger partial charge is 0.481 e. The average Bonchev–Trinajstić information content (AvgIpc) is 3.00.